The first-order valence-electron chi connectivity index (χ1n) is 7.89. The van der Waals surface area contributed by atoms with Crippen LogP contribution in [0.2, 0.25) is 0 Å². The van der Waals surface area contributed by atoms with E-state index in [2.05, 4.69) is 11.1 Å². The van der Waals surface area contributed by atoms with Crippen LogP contribution in [0.3, 0.4) is 0 Å². The number of rotatable bonds is 3. The van der Waals surface area contributed by atoms with Crippen molar-refractivity contribution in [1.82, 2.24) is 4.98 Å². The lowest BCUT2D eigenvalue weighted by Crippen LogP contribution is -2.21. The second-order valence-corrected chi connectivity index (χ2v) is 5.62. The van der Waals surface area contributed by atoms with Gasteiger partial charge in [0.05, 0.1) is 6.26 Å². The lowest BCUT2D eigenvalue weighted by atomic mass is 10.0. The number of nitriles is 1. The topological polar surface area (TPSA) is 113 Å². The second-order valence-electron chi connectivity index (χ2n) is 5.62. The van der Waals surface area contributed by atoms with Crippen molar-refractivity contribution in [3.8, 4) is 17.4 Å². The summed E-state index contributed by atoms with van der Waals surface area (Å²) in [6.07, 6.45) is -3.06. The van der Waals surface area contributed by atoms with Gasteiger partial charge in [-0.1, -0.05) is 12.1 Å². The summed E-state index contributed by atoms with van der Waals surface area (Å²) in [5.41, 5.74) is 8.37. The maximum absolute atomic E-state index is 13.0. The van der Waals surface area contributed by atoms with Crippen LogP contribution >= 0.6 is 0 Å². The quantitative estimate of drug-likeness (QED) is 0.631. The Morgan fingerprint density at radius 1 is 1.24 bits per heavy atom. The van der Waals surface area contributed by atoms with Crippen molar-refractivity contribution < 1.29 is 31.9 Å². The van der Waals surface area contributed by atoms with Gasteiger partial charge in [-0.2, -0.15) is 18.4 Å². The Kier molecular flexibility index (Phi) is 6.56. The number of carbonyl (C=O) groups is 1. The van der Waals surface area contributed by atoms with E-state index in [1.807, 2.05) is 0 Å². The minimum Gasteiger partial charge on any atom is -0.475 e. The van der Waals surface area contributed by atoms with Crippen LogP contribution in [0.5, 0.6) is 0 Å². The molecule has 10 heteroatoms. The minimum atomic E-state index is -5.08. The summed E-state index contributed by atoms with van der Waals surface area (Å²) in [4.78, 5) is 13.1. The average Bonchev–Trinajstić information content (AvgIpc) is 3.17. The van der Waals surface area contributed by atoms with E-state index in [-0.39, 0.29) is 17.2 Å². The van der Waals surface area contributed by atoms with Gasteiger partial charge in [0.15, 0.2) is 0 Å². The van der Waals surface area contributed by atoms with Gasteiger partial charge in [-0.05, 0) is 35.9 Å². The molecule has 29 heavy (non-hydrogen) atoms. The van der Waals surface area contributed by atoms with Crippen LogP contribution in [0.1, 0.15) is 16.8 Å². The summed E-state index contributed by atoms with van der Waals surface area (Å²) >= 11 is 0. The molecule has 0 spiro atoms. The van der Waals surface area contributed by atoms with Gasteiger partial charge in [-0.15, -0.1) is 0 Å². The zero-order valence-electron chi connectivity index (χ0n) is 14.6. The highest BCUT2D eigenvalue weighted by atomic mass is 19.4. The number of nitrogens with zero attached hydrogens (tertiary/aromatic N) is 2. The number of alkyl halides is 3. The zero-order chi connectivity index (χ0) is 21.6. The van der Waals surface area contributed by atoms with Crippen LogP contribution in [0.4, 0.5) is 23.4 Å². The van der Waals surface area contributed by atoms with E-state index in [0.717, 1.165) is 5.56 Å². The molecule has 3 N–H and O–H groups in total. The molecule has 150 valence electrons. The third kappa shape index (κ3) is 5.80. The molecule has 0 saturated heterocycles. The molecule has 0 radical (unpaired) electrons. The van der Waals surface area contributed by atoms with Gasteiger partial charge < -0.3 is 15.3 Å². The Morgan fingerprint density at radius 3 is 2.34 bits per heavy atom. The molecular weight excluding hydrogens is 394 g/mol. The molecule has 1 aromatic carbocycles. The summed E-state index contributed by atoms with van der Waals surface area (Å²) in [5.74, 6) is -2.32. The lowest BCUT2D eigenvalue weighted by Gasteiger charge is -2.08. The number of pyridine rings is 1. The van der Waals surface area contributed by atoms with Gasteiger partial charge in [0.2, 0.25) is 0 Å². The van der Waals surface area contributed by atoms with Crippen LogP contribution in [-0.2, 0) is 11.2 Å². The van der Waals surface area contributed by atoms with Crippen LogP contribution in [0.25, 0.3) is 11.3 Å². The highest BCUT2D eigenvalue weighted by Crippen LogP contribution is 2.28. The first-order chi connectivity index (χ1) is 13.6. The molecule has 2 heterocycles. The number of anilines is 1. The number of furan rings is 1. The molecule has 0 atom stereocenters. The second kappa shape index (κ2) is 8.88. The fraction of sp³-hybridized carbons (Fsp3) is 0.105. The van der Waals surface area contributed by atoms with Gasteiger partial charge in [0, 0.05) is 17.7 Å². The van der Waals surface area contributed by atoms with Gasteiger partial charge in [0.25, 0.3) is 0 Å². The number of aromatic nitrogens is 1. The van der Waals surface area contributed by atoms with E-state index in [4.69, 9.17) is 20.1 Å². The van der Waals surface area contributed by atoms with Gasteiger partial charge >= 0.3 is 12.1 Å². The van der Waals surface area contributed by atoms with E-state index in [9.17, 15) is 22.8 Å². The molecular formula is C19H13F4N3O3. The Balaban J connectivity index is 0.000000370. The van der Waals surface area contributed by atoms with Crippen molar-refractivity contribution in [1.29, 1.82) is 5.26 Å². The highest BCUT2D eigenvalue weighted by molar-refractivity contribution is 5.73. The predicted molar refractivity (Wildman–Crippen MR) is 94.0 cm³/mol. The van der Waals surface area contributed by atoms with Crippen LogP contribution in [0, 0.1) is 17.1 Å². The van der Waals surface area contributed by atoms with Crippen molar-refractivity contribution in [2.75, 3.05) is 5.73 Å². The van der Waals surface area contributed by atoms with Crippen molar-refractivity contribution in [3.05, 3.63) is 71.4 Å². The van der Waals surface area contributed by atoms with E-state index >= 15 is 0 Å². The Morgan fingerprint density at radius 2 is 1.86 bits per heavy atom. The molecule has 0 saturated carbocycles. The smallest absolute Gasteiger partial charge is 0.475 e. The average molecular weight is 407 g/mol. The van der Waals surface area contributed by atoms with Crippen LogP contribution in [-0.4, -0.2) is 22.2 Å². The molecule has 0 aliphatic carbocycles. The van der Waals surface area contributed by atoms with Crippen molar-refractivity contribution in [2.24, 2.45) is 0 Å². The Labute approximate surface area is 161 Å². The summed E-state index contributed by atoms with van der Waals surface area (Å²) in [5, 5.41) is 16.4. The molecule has 0 fully saturated rings. The molecule has 6 nitrogen and oxygen atoms in total. The lowest BCUT2D eigenvalue weighted by molar-refractivity contribution is -0.192. The maximum atomic E-state index is 13.0. The maximum Gasteiger partial charge on any atom is 0.490 e. The number of hydrogen-bond donors (Lipinski definition) is 2. The number of carboxylic acids is 1. The molecule has 3 rings (SSSR count). The molecule has 0 aliphatic heterocycles. The fourth-order valence-corrected chi connectivity index (χ4v) is 2.27. The van der Waals surface area contributed by atoms with Crippen LogP contribution < -0.4 is 5.73 Å². The minimum absolute atomic E-state index is 0.161. The summed E-state index contributed by atoms with van der Waals surface area (Å²) < 4.78 is 50.0. The number of carboxylic acid groups (broad SMARTS) is 1. The fourth-order valence-electron chi connectivity index (χ4n) is 2.27. The van der Waals surface area contributed by atoms with Crippen LogP contribution in [0.15, 0.2) is 53.1 Å². The van der Waals surface area contributed by atoms with Gasteiger partial charge in [-0.3, -0.25) is 0 Å². The number of hydrogen-bond acceptors (Lipinski definition) is 5. The van der Waals surface area contributed by atoms with E-state index < -0.39 is 12.1 Å². The molecule has 3 aromatic rings. The molecule has 0 amide bonds. The number of nitrogen functional groups attached to an aromatic ring is 1. The van der Waals surface area contributed by atoms with E-state index in [0.29, 0.717) is 23.4 Å². The first-order valence-corrected chi connectivity index (χ1v) is 7.89. The molecule has 2 aromatic heterocycles. The predicted octanol–water partition coefficient (Wildman–Crippen LogP) is 4.16. The number of benzene rings is 1. The van der Waals surface area contributed by atoms with Gasteiger partial charge in [-0.25, -0.2) is 14.2 Å². The van der Waals surface area contributed by atoms with Gasteiger partial charge in [0.1, 0.15) is 29.0 Å². The highest BCUT2D eigenvalue weighted by Gasteiger charge is 2.38. The number of aliphatic carboxylic acids is 1. The van der Waals surface area contributed by atoms with Crippen molar-refractivity contribution in [2.45, 2.75) is 12.6 Å². The van der Waals surface area contributed by atoms with Crippen molar-refractivity contribution >= 4 is 11.8 Å². The molecule has 0 bridgehead atoms. The number of halogens is 4. The first kappa shape index (κ1) is 21.4. The summed E-state index contributed by atoms with van der Waals surface area (Å²) in [6, 6.07) is 13.5. The third-order valence-electron chi connectivity index (χ3n) is 3.54. The standard InChI is InChI=1S/C17H12FN3O.C2HF3O2/c18-12-5-3-11(4-6-12)8-13-9-14(16-2-1-7-22-16)15(10-19)17(20)21-13;3-2(4,5)1(6)7/h1-7,9H,8H2,(H2,20,21);(H,6,7). The zero-order valence-corrected chi connectivity index (χ0v) is 14.6. The Bertz CT molecular complexity index is 1020. The monoisotopic (exact) mass is 407 g/mol. The van der Waals surface area contributed by atoms with E-state index in [1.165, 1.54) is 18.4 Å². The SMILES string of the molecule is N#Cc1c(-c2ccco2)cc(Cc2ccc(F)cc2)nc1N.O=C(O)C(F)(F)F. The number of nitrogens with two attached hydrogens (primary N) is 1. The van der Waals surface area contributed by atoms with E-state index in [1.54, 1.807) is 30.3 Å². The van der Waals surface area contributed by atoms with Crippen molar-refractivity contribution in [3.63, 3.8) is 0 Å². The largest absolute Gasteiger partial charge is 0.490 e. The summed E-state index contributed by atoms with van der Waals surface area (Å²) in [6.45, 7) is 0. The molecule has 0 unspecified atom stereocenters. The normalized spacial score (nSPS) is 10.6. The third-order valence-corrected chi connectivity index (χ3v) is 3.54. The summed E-state index contributed by atoms with van der Waals surface area (Å²) in [7, 11) is 0. The molecule has 0 aliphatic rings. The Hall–Kier alpha value is -3.87.